The van der Waals surface area contributed by atoms with E-state index in [1.807, 2.05) is 0 Å². The van der Waals surface area contributed by atoms with Crippen LogP contribution in [0.1, 0.15) is 0 Å². The zero-order chi connectivity index (χ0) is 15.4. The van der Waals surface area contributed by atoms with Gasteiger partial charge in [-0.25, -0.2) is 0 Å². The Morgan fingerprint density at radius 2 is 1.00 bits per heavy atom. The second kappa shape index (κ2) is 4.81. The van der Waals surface area contributed by atoms with Gasteiger partial charge in [0, 0.05) is 9.86 Å². The fourth-order valence-corrected chi connectivity index (χ4v) is 4.26. The molecule has 23 heavy (non-hydrogen) atoms. The van der Waals surface area contributed by atoms with Crippen molar-refractivity contribution < 1.29 is 0 Å². The molecule has 0 N–H and O–H groups in total. The third-order valence-corrected chi connectivity index (χ3v) is 5.36. The Morgan fingerprint density at radius 1 is 0.435 bits per heavy atom. The molecule has 0 heterocycles. The molecule has 0 amide bonds. The van der Waals surface area contributed by atoms with E-state index in [0.29, 0.717) is 0 Å². The van der Waals surface area contributed by atoms with Gasteiger partial charge in [0.2, 0.25) is 0 Å². The first-order valence-electron chi connectivity index (χ1n) is 7.75. The van der Waals surface area contributed by atoms with Crippen molar-refractivity contribution in [2.75, 3.05) is 0 Å². The predicted molar refractivity (Wildman–Crippen MR) is 102 cm³/mol. The van der Waals surface area contributed by atoms with E-state index in [4.69, 9.17) is 0 Å². The number of rotatable bonds is 1. The SMILES string of the molecule is Brc1ccc2c3c(ccc(-c4ccccc4)c13)-c1ccccc1-2. The van der Waals surface area contributed by atoms with Gasteiger partial charge in [-0.2, -0.15) is 0 Å². The van der Waals surface area contributed by atoms with E-state index < -0.39 is 0 Å². The maximum atomic E-state index is 3.79. The summed E-state index contributed by atoms with van der Waals surface area (Å²) in [6.45, 7) is 0. The molecule has 1 heteroatoms. The third kappa shape index (κ3) is 1.77. The van der Waals surface area contributed by atoms with Crippen LogP contribution in [-0.2, 0) is 0 Å². The van der Waals surface area contributed by atoms with Crippen LogP contribution in [0.3, 0.4) is 0 Å². The van der Waals surface area contributed by atoms with Crippen molar-refractivity contribution in [3.05, 3.63) is 83.3 Å². The fourth-order valence-electron chi connectivity index (χ4n) is 3.71. The van der Waals surface area contributed by atoms with Crippen molar-refractivity contribution >= 4 is 26.7 Å². The fraction of sp³-hybridized carbons (Fsp3) is 0. The molecule has 0 nitrogen and oxygen atoms in total. The number of halogens is 1. The number of hydrogen-bond acceptors (Lipinski definition) is 0. The second-order valence-electron chi connectivity index (χ2n) is 5.92. The Labute approximate surface area is 143 Å². The van der Waals surface area contributed by atoms with E-state index in [-0.39, 0.29) is 0 Å². The first-order valence-corrected chi connectivity index (χ1v) is 8.54. The molecule has 0 bridgehead atoms. The second-order valence-corrected chi connectivity index (χ2v) is 6.77. The molecule has 4 aromatic carbocycles. The standard InChI is InChI=1S/C22H13Br/c23-20-13-12-19-17-9-5-4-8-16(17)18-11-10-15(22(20)21(18)19)14-6-2-1-3-7-14/h1-13H. The van der Waals surface area contributed by atoms with E-state index in [9.17, 15) is 0 Å². The highest BCUT2D eigenvalue weighted by Crippen LogP contribution is 2.50. The largest absolute Gasteiger partial charge is 0.0622 e. The molecule has 0 saturated carbocycles. The summed E-state index contributed by atoms with van der Waals surface area (Å²) < 4.78 is 1.16. The average Bonchev–Trinajstić information content (AvgIpc) is 2.94. The van der Waals surface area contributed by atoms with E-state index in [0.717, 1.165) is 4.47 Å². The van der Waals surface area contributed by atoms with E-state index in [1.165, 1.54) is 44.2 Å². The summed E-state index contributed by atoms with van der Waals surface area (Å²) in [4.78, 5) is 0. The maximum Gasteiger partial charge on any atom is 0.0260 e. The first-order chi connectivity index (χ1) is 11.3. The van der Waals surface area contributed by atoms with Gasteiger partial charge in [0.15, 0.2) is 0 Å². The summed E-state index contributed by atoms with van der Waals surface area (Å²) in [7, 11) is 0. The Balaban J connectivity index is 1.96. The highest BCUT2D eigenvalue weighted by Gasteiger charge is 2.23. The molecule has 0 atom stereocenters. The molecule has 0 saturated heterocycles. The van der Waals surface area contributed by atoms with E-state index in [2.05, 4.69) is 94.8 Å². The van der Waals surface area contributed by atoms with Crippen molar-refractivity contribution in [2.45, 2.75) is 0 Å². The maximum absolute atomic E-state index is 3.79. The molecule has 0 spiro atoms. The molecule has 1 aliphatic carbocycles. The van der Waals surface area contributed by atoms with Gasteiger partial charge in [-0.3, -0.25) is 0 Å². The van der Waals surface area contributed by atoms with Crippen molar-refractivity contribution in [3.8, 4) is 33.4 Å². The van der Waals surface area contributed by atoms with Crippen LogP contribution in [0.5, 0.6) is 0 Å². The average molecular weight is 357 g/mol. The van der Waals surface area contributed by atoms with Crippen molar-refractivity contribution in [1.82, 2.24) is 0 Å². The lowest BCUT2D eigenvalue weighted by molar-refractivity contribution is 1.65. The monoisotopic (exact) mass is 356 g/mol. The number of hydrogen-bond donors (Lipinski definition) is 0. The molecular formula is C22H13Br. The van der Waals surface area contributed by atoms with Crippen molar-refractivity contribution in [1.29, 1.82) is 0 Å². The molecule has 1 aliphatic rings. The van der Waals surface area contributed by atoms with Gasteiger partial charge >= 0.3 is 0 Å². The summed E-state index contributed by atoms with van der Waals surface area (Å²) in [5.74, 6) is 0. The summed E-state index contributed by atoms with van der Waals surface area (Å²) in [5.41, 5.74) is 7.90. The molecule has 0 radical (unpaired) electrons. The van der Waals surface area contributed by atoms with Gasteiger partial charge in [0.25, 0.3) is 0 Å². The van der Waals surface area contributed by atoms with Gasteiger partial charge in [0.1, 0.15) is 0 Å². The van der Waals surface area contributed by atoms with Crippen LogP contribution in [-0.4, -0.2) is 0 Å². The Hall–Kier alpha value is -2.38. The lowest BCUT2D eigenvalue weighted by Crippen LogP contribution is -1.84. The topological polar surface area (TPSA) is 0 Å². The zero-order valence-corrected chi connectivity index (χ0v) is 14.0. The molecule has 0 aromatic heterocycles. The van der Waals surface area contributed by atoms with Gasteiger partial charge in [-0.15, -0.1) is 0 Å². The number of benzene rings is 4. The minimum absolute atomic E-state index is 1.16. The van der Waals surface area contributed by atoms with Gasteiger partial charge < -0.3 is 0 Å². The van der Waals surface area contributed by atoms with Crippen LogP contribution < -0.4 is 0 Å². The van der Waals surface area contributed by atoms with E-state index >= 15 is 0 Å². The smallest absolute Gasteiger partial charge is 0.0260 e. The minimum Gasteiger partial charge on any atom is -0.0622 e. The highest BCUT2D eigenvalue weighted by molar-refractivity contribution is 9.10. The van der Waals surface area contributed by atoms with Crippen LogP contribution in [0.2, 0.25) is 0 Å². The predicted octanol–water partition coefficient (Wildman–Crippen LogP) is 6.92. The molecule has 0 aliphatic heterocycles. The highest BCUT2D eigenvalue weighted by atomic mass is 79.9. The molecule has 108 valence electrons. The molecule has 0 fully saturated rings. The minimum atomic E-state index is 1.16. The van der Waals surface area contributed by atoms with Gasteiger partial charge in [-0.1, -0.05) is 88.7 Å². The Kier molecular flexibility index (Phi) is 2.74. The van der Waals surface area contributed by atoms with Crippen LogP contribution in [0.25, 0.3) is 44.2 Å². The normalized spacial score (nSPS) is 11.7. The van der Waals surface area contributed by atoms with Crippen molar-refractivity contribution in [3.63, 3.8) is 0 Å². The Bertz CT molecular complexity index is 1030. The number of fused-ring (bicyclic) bond motifs is 3. The Morgan fingerprint density at radius 3 is 1.70 bits per heavy atom. The zero-order valence-electron chi connectivity index (χ0n) is 12.4. The molecule has 4 aromatic rings. The van der Waals surface area contributed by atoms with Crippen LogP contribution in [0.15, 0.2) is 83.3 Å². The first kappa shape index (κ1) is 13.1. The van der Waals surface area contributed by atoms with Gasteiger partial charge in [0.05, 0.1) is 0 Å². The lowest BCUT2D eigenvalue weighted by atomic mass is 9.94. The lowest BCUT2D eigenvalue weighted by Gasteiger charge is -2.11. The quantitative estimate of drug-likeness (QED) is 0.306. The molecule has 0 unspecified atom stereocenters. The summed E-state index contributed by atoms with van der Waals surface area (Å²) in [6, 6.07) is 28.2. The van der Waals surface area contributed by atoms with Crippen LogP contribution in [0.4, 0.5) is 0 Å². The summed E-state index contributed by atoms with van der Waals surface area (Å²) in [5, 5.41) is 2.67. The van der Waals surface area contributed by atoms with Crippen LogP contribution in [0, 0.1) is 0 Å². The van der Waals surface area contributed by atoms with Gasteiger partial charge in [-0.05, 0) is 44.8 Å². The van der Waals surface area contributed by atoms with Crippen LogP contribution >= 0.6 is 15.9 Å². The van der Waals surface area contributed by atoms with Crippen molar-refractivity contribution in [2.24, 2.45) is 0 Å². The van der Waals surface area contributed by atoms with E-state index in [1.54, 1.807) is 0 Å². The summed E-state index contributed by atoms with van der Waals surface area (Å²) in [6.07, 6.45) is 0. The molecule has 5 rings (SSSR count). The third-order valence-electron chi connectivity index (χ3n) is 4.70. The summed E-state index contributed by atoms with van der Waals surface area (Å²) >= 11 is 3.79. The molecular weight excluding hydrogens is 344 g/mol.